The van der Waals surface area contributed by atoms with Crippen molar-refractivity contribution in [3.05, 3.63) is 59.8 Å². The summed E-state index contributed by atoms with van der Waals surface area (Å²) in [6.07, 6.45) is 1.72. The van der Waals surface area contributed by atoms with Crippen molar-refractivity contribution in [2.75, 3.05) is 48.7 Å². The number of hydrogen-bond acceptors (Lipinski definition) is 5. The summed E-state index contributed by atoms with van der Waals surface area (Å²) in [7, 11) is 0. The standard InChI is InChI=1S/C27H33F3N4S/c1-20-18-22(34-15-13-31-14-16-34)7-9-24(20)32-11-4-2-3-5-17-35-26-10-12-33-25-19-21(27(28,29)30)6-8-23(25)26/h6-10,12,18-19,31-32H,2-5,11,13-17H2,1H3. The topological polar surface area (TPSA) is 40.2 Å². The molecule has 4 nitrogen and oxygen atoms in total. The van der Waals surface area contributed by atoms with Crippen molar-refractivity contribution in [3.63, 3.8) is 0 Å². The number of benzene rings is 2. The first-order valence-electron chi connectivity index (χ1n) is 12.3. The summed E-state index contributed by atoms with van der Waals surface area (Å²) in [5.41, 5.74) is 3.53. The highest BCUT2D eigenvalue weighted by atomic mass is 32.2. The minimum absolute atomic E-state index is 0.396. The van der Waals surface area contributed by atoms with Crippen LogP contribution in [0, 0.1) is 6.92 Å². The second-order valence-corrected chi connectivity index (χ2v) is 10.1. The number of piperazine rings is 1. The third-order valence-corrected chi connectivity index (χ3v) is 7.53. The van der Waals surface area contributed by atoms with Gasteiger partial charge in [0.25, 0.3) is 0 Å². The smallest absolute Gasteiger partial charge is 0.385 e. The fraction of sp³-hybridized carbons (Fsp3) is 0.444. The van der Waals surface area contributed by atoms with E-state index in [9.17, 15) is 13.2 Å². The van der Waals surface area contributed by atoms with Crippen LogP contribution >= 0.6 is 11.8 Å². The number of aryl methyl sites for hydroxylation is 1. The minimum atomic E-state index is -4.35. The van der Waals surface area contributed by atoms with Crippen LogP contribution < -0.4 is 15.5 Å². The molecule has 188 valence electrons. The number of halogens is 3. The van der Waals surface area contributed by atoms with Gasteiger partial charge < -0.3 is 15.5 Å². The van der Waals surface area contributed by atoms with E-state index in [1.165, 1.54) is 23.0 Å². The lowest BCUT2D eigenvalue weighted by molar-refractivity contribution is -0.137. The fourth-order valence-corrected chi connectivity index (χ4v) is 5.43. The number of anilines is 2. The van der Waals surface area contributed by atoms with Crippen molar-refractivity contribution in [2.24, 2.45) is 0 Å². The van der Waals surface area contributed by atoms with Crippen LogP contribution in [0.3, 0.4) is 0 Å². The van der Waals surface area contributed by atoms with E-state index in [1.54, 1.807) is 18.0 Å². The maximum atomic E-state index is 13.0. The van der Waals surface area contributed by atoms with Crippen molar-refractivity contribution in [3.8, 4) is 0 Å². The van der Waals surface area contributed by atoms with E-state index >= 15 is 0 Å². The maximum Gasteiger partial charge on any atom is 0.416 e. The lowest BCUT2D eigenvalue weighted by Crippen LogP contribution is -2.43. The van der Waals surface area contributed by atoms with Gasteiger partial charge in [-0.05, 0) is 67.5 Å². The highest BCUT2D eigenvalue weighted by molar-refractivity contribution is 7.99. The molecule has 1 saturated heterocycles. The van der Waals surface area contributed by atoms with Crippen molar-refractivity contribution in [1.29, 1.82) is 0 Å². The van der Waals surface area contributed by atoms with Crippen molar-refractivity contribution < 1.29 is 13.2 Å². The molecule has 0 bridgehead atoms. The summed E-state index contributed by atoms with van der Waals surface area (Å²) in [5.74, 6) is 0.945. The Kier molecular flexibility index (Phi) is 8.78. The summed E-state index contributed by atoms with van der Waals surface area (Å²) in [4.78, 5) is 7.55. The molecule has 0 aliphatic carbocycles. The Morgan fingerprint density at radius 2 is 1.80 bits per heavy atom. The Labute approximate surface area is 209 Å². The number of rotatable bonds is 10. The van der Waals surface area contributed by atoms with Gasteiger partial charge in [-0.1, -0.05) is 18.9 Å². The second kappa shape index (κ2) is 12.0. The van der Waals surface area contributed by atoms with Crippen LogP contribution in [0.5, 0.6) is 0 Å². The molecule has 0 unspecified atom stereocenters. The predicted octanol–water partition coefficient (Wildman–Crippen LogP) is 6.74. The van der Waals surface area contributed by atoms with Crippen LogP contribution in [0.4, 0.5) is 24.5 Å². The number of nitrogens with one attached hydrogen (secondary N) is 2. The summed E-state index contributed by atoms with van der Waals surface area (Å²) < 4.78 is 38.9. The van der Waals surface area contributed by atoms with Crippen LogP contribution in [0.15, 0.2) is 53.6 Å². The van der Waals surface area contributed by atoms with E-state index in [-0.39, 0.29) is 0 Å². The van der Waals surface area contributed by atoms with E-state index in [4.69, 9.17) is 0 Å². The van der Waals surface area contributed by atoms with E-state index < -0.39 is 11.7 Å². The van der Waals surface area contributed by atoms with Crippen LogP contribution in [-0.2, 0) is 6.18 Å². The molecule has 8 heteroatoms. The molecule has 4 rings (SSSR count). The highest BCUT2D eigenvalue weighted by Crippen LogP contribution is 2.34. The maximum absolute atomic E-state index is 13.0. The Hall–Kier alpha value is -2.45. The zero-order chi connectivity index (χ0) is 24.7. The lowest BCUT2D eigenvalue weighted by Gasteiger charge is -2.30. The average molecular weight is 503 g/mol. The largest absolute Gasteiger partial charge is 0.416 e. The highest BCUT2D eigenvalue weighted by Gasteiger charge is 2.30. The Balaban J connectivity index is 1.15. The normalized spacial score (nSPS) is 14.5. The Morgan fingerprint density at radius 1 is 1.00 bits per heavy atom. The molecule has 1 aromatic heterocycles. The zero-order valence-electron chi connectivity index (χ0n) is 20.1. The van der Waals surface area contributed by atoms with Gasteiger partial charge in [0.15, 0.2) is 0 Å². The molecule has 0 spiro atoms. The average Bonchev–Trinajstić information content (AvgIpc) is 2.86. The summed E-state index contributed by atoms with van der Waals surface area (Å²) in [6, 6.07) is 12.4. The van der Waals surface area contributed by atoms with Gasteiger partial charge in [-0.15, -0.1) is 11.8 Å². The van der Waals surface area contributed by atoms with Gasteiger partial charge in [0.2, 0.25) is 0 Å². The Bertz CT molecular complexity index is 1110. The van der Waals surface area contributed by atoms with Crippen molar-refractivity contribution >= 4 is 34.0 Å². The van der Waals surface area contributed by atoms with Gasteiger partial charge in [0.05, 0.1) is 11.1 Å². The van der Waals surface area contributed by atoms with E-state index in [1.807, 2.05) is 6.07 Å². The molecule has 0 saturated carbocycles. The molecule has 2 heterocycles. The van der Waals surface area contributed by atoms with Crippen LogP contribution in [-0.4, -0.2) is 43.5 Å². The van der Waals surface area contributed by atoms with Crippen molar-refractivity contribution in [2.45, 2.75) is 43.7 Å². The molecule has 1 aliphatic rings. The number of pyridine rings is 1. The third kappa shape index (κ3) is 7.04. The molecule has 0 atom stereocenters. The molecule has 1 aliphatic heterocycles. The van der Waals surface area contributed by atoms with E-state index in [0.717, 1.165) is 86.6 Å². The molecule has 0 amide bonds. The summed E-state index contributed by atoms with van der Waals surface area (Å²) in [6.45, 7) is 7.32. The van der Waals surface area contributed by atoms with Gasteiger partial charge in [0.1, 0.15) is 0 Å². The summed E-state index contributed by atoms with van der Waals surface area (Å²) in [5, 5.41) is 7.75. The van der Waals surface area contributed by atoms with Crippen LogP contribution in [0.25, 0.3) is 10.9 Å². The zero-order valence-corrected chi connectivity index (χ0v) is 20.9. The first kappa shape index (κ1) is 25.6. The van der Waals surface area contributed by atoms with Crippen molar-refractivity contribution in [1.82, 2.24) is 10.3 Å². The molecule has 35 heavy (non-hydrogen) atoms. The number of fused-ring (bicyclic) bond motifs is 1. The number of aromatic nitrogens is 1. The predicted molar refractivity (Wildman–Crippen MR) is 141 cm³/mol. The van der Waals surface area contributed by atoms with E-state index in [2.05, 4.69) is 45.6 Å². The Morgan fingerprint density at radius 3 is 2.57 bits per heavy atom. The van der Waals surface area contributed by atoms with Gasteiger partial charge in [0, 0.05) is 60.6 Å². The molecule has 2 N–H and O–H groups in total. The molecule has 2 aromatic carbocycles. The lowest BCUT2D eigenvalue weighted by atomic mass is 10.1. The first-order chi connectivity index (χ1) is 16.9. The van der Waals surface area contributed by atoms with E-state index in [0.29, 0.717) is 5.52 Å². The number of alkyl halides is 3. The van der Waals surface area contributed by atoms with Crippen LogP contribution in [0.2, 0.25) is 0 Å². The molecule has 0 radical (unpaired) electrons. The SMILES string of the molecule is Cc1cc(N2CCNCC2)ccc1NCCCCCCSc1ccnc2cc(C(F)(F)F)ccc12. The first-order valence-corrected chi connectivity index (χ1v) is 13.3. The number of thioether (sulfide) groups is 1. The fourth-order valence-electron chi connectivity index (χ4n) is 4.38. The van der Waals surface area contributed by atoms with Gasteiger partial charge in [-0.25, -0.2) is 0 Å². The molecular weight excluding hydrogens is 469 g/mol. The van der Waals surface area contributed by atoms with Gasteiger partial charge >= 0.3 is 6.18 Å². The number of hydrogen-bond donors (Lipinski definition) is 2. The molecule has 1 fully saturated rings. The second-order valence-electron chi connectivity index (χ2n) is 8.96. The number of unbranched alkanes of at least 4 members (excludes halogenated alkanes) is 3. The van der Waals surface area contributed by atoms with Gasteiger partial charge in [-0.3, -0.25) is 4.98 Å². The number of nitrogens with zero attached hydrogens (tertiary/aromatic N) is 2. The third-order valence-electron chi connectivity index (χ3n) is 6.37. The van der Waals surface area contributed by atoms with Crippen LogP contribution in [0.1, 0.15) is 36.8 Å². The summed E-state index contributed by atoms with van der Waals surface area (Å²) >= 11 is 1.69. The molecular formula is C27H33F3N4S. The minimum Gasteiger partial charge on any atom is -0.385 e. The molecule has 3 aromatic rings. The van der Waals surface area contributed by atoms with Gasteiger partial charge in [-0.2, -0.15) is 13.2 Å². The monoisotopic (exact) mass is 502 g/mol. The quantitative estimate of drug-likeness (QED) is 0.237.